The molecule has 0 aromatic carbocycles. The quantitative estimate of drug-likeness (QED) is 0.594. The van der Waals surface area contributed by atoms with Gasteiger partial charge >= 0.3 is 0 Å². The van der Waals surface area contributed by atoms with E-state index in [9.17, 15) is 0 Å². The molecule has 74 valence electrons. The maximum atomic E-state index is 4.11. The Bertz CT molecular complexity index is 280. The maximum absolute atomic E-state index is 4.11. The highest BCUT2D eigenvalue weighted by atomic mass is 15.4. The molecule has 4 nitrogen and oxygen atoms in total. The second kappa shape index (κ2) is 3.15. The third kappa shape index (κ3) is 1.81. The molecule has 2 aliphatic rings. The molecule has 0 fully saturated rings. The summed E-state index contributed by atoms with van der Waals surface area (Å²) in [7, 11) is 4.30. The monoisotopic (exact) mass is 192 g/mol. The Hall–Kier alpha value is -1.26. The minimum Gasteiger partial charge on any atom is -0.251 e. The van der Waals surface area contributed by atoms with Crippen LogP contribution in [-0.4, -0.2) is 48.8 Å². The van der Waals surface area contributed by atoms with Crippen LogP contribution < -0.4 is 0 Å². The van der Waals surface area contributed by atoms with Gasteiger partial charge < -0.3 is 0 Å². The molecule has 0 amide bonds. The summed E-state index contributed by atoms with van der Waals surface area (Å²) in [5.41, 5.74) is 0. The van der Waals surface area contributed by atoms with Gasteiger partial charge in [0.25, 0.3) is 0 Å². The topological polar surface area (TPSA) is 24.7 Å². The van der Waals surface area contributed by atoms with E-state index in [0.717, 1.165) is 22.1 Å². The number of hydrogen-bond acceptors (Lipinski definition) is 2. The molecular formula is C10H16N4+2. The Morgan fingerprint density at radius 2 is 1.29 bits per heavy atom. The Balaban J connectivity index is 1.94. The van der Waals surface area contributed by atoms with E-state index < -0.39 is 0 Å². The van der Waals surface area contributed by atoms with E-state index >= 15 is 0 Å². The van der Waals surface area contributed by atoms with Gasteiger partial charge in [0.2, 0.25) is 0 Å². The third-order valence-corrected chi connectivity index (χ3v) is 2.71. The molecule has 0 spiro atoms. The summed E-state index contributed by atoms with van der Waals surface area (Å²) in [6, 6.07) is 0. The minimum absolute atomic E-state index is 0.787. The second-order valence-corrected chi connectivity index (χ2v) is 4.27. The molecule has 14 heavy (non-hydrogen) atoms. The molecule has 0 radical (unpaired) electrons. The van der Waals surface area contributed by atoms with Crippen molar-refractivity contribution in [2.75, 3.05) is 27.2 Å². The first-order chi connectivity index (χ1) is 6.62. The van der Waals surface area contributed by atoms with E-state index in [1.807, 2.05) is 25.1 Å². The highest BCUT2D eigenvalue weighted by Gasteiger charge is 2.27. The van der Waals surface area contributed by atoms with Crippen LogP contribution in [0.1, 0.15) is 0 Å². The summed E-state index contributed by atoms with van der Waals surface area (Å²) in [6.07, 6.45) is 11.8. The van der Waals surface area contributed by atoms with Gasteiger partial charge in [-0.05, 0) is 0 Å². The fourth-order valence-electron chi connectivity index (χ4n) is 1.54. The normalized spacial score (nSPS) is 38.7. The van der Waals surface area contributed by atoms with Crippen molar-refractivity contribution in [3.8, 4) is 0 Å². The molecule has 0 saturated heterocycles. The van der Waals surface area contributed by atoms with Crippen LogP contribution in [0.4, 0.5) is 0 Å². The van der Waals surface area contributed by atoms with Crippen LogP contribution >= 0.6 is 0 Å². The zero-order chi connectivity index (χ0) is 10.1. The molecule has 2 aliphatic heterocycles. The van der Waals surface area contributed by atoms with Gasteiger partial charge in [0.05, 0.1) is 26.5 Å². The molecule has 0 bridgehead atoms. The zero-order valence-corrected chi connectivity index (χ0v) is 8.67. The van der Waals surface area contributed by atoms with E-state index in [4.69, 9.17) is 0 Å². The number of quaternary nitrogens is 2. The first-order valence-electron chi connectivity index (χ1n) is 4.76. The highest BCUT2D eigenvalue weighted by Crippen LogP contribution is 2.11. The molecule has 2 rings (SSSR count). The summed E-state index contributed by atoms with van der Waals surface area (Å²) in [5, 5.41) is 0. The van der Waals surface area contributed by atoms with Gasteiger partial charge in [0, 0.05) is 0 Å². The van der Waals surface area contributed by atoms with Crippen molar-refractivity contribution in [1.29, 1.82) is 0 Å². The lowest BCUT2D eigenvalue weighted by molar-refractivity contribution is -0.819. The standard InChI is InChI=1S/C10H16N4/c1-13(5-3-11-9-13)7-8-14(2)6-4-12-10-14/h3-6,9-10H,7-8H2,1-2H3/q+2. The first kappa shape index (κ1) is 9.30. The number of hydrogen-bond donors (Lipinski definition) is 0. The molecule has 2 heterocycles. The van der Waals surface area contributed by atoms with Crippen molar-refractivity contribution in [1.82, 2.24) is 0 Å². The molecule has 2 atom stereocenters. The van der Waals surface area contributed by atoms with Gasteiger partial charge in [-0.2, -0.15) is 0 Å². The number of likely N-dealkylation sites (N-methyl/N-ethyl adjacent to an activating group) is 2. The smallest absolute Gasteiger partial charge is 0.194 e. The largest absolute Gasteiger partial charge is 0.251 e. The summed E-state index contributed by atoms with van der Waals surface area (Å²) in [4.78, 5) is 8.23. The molecule has 0 N–H and O–H groups in total. The average Bonchev–Trinajstić information content (AvgIpc) is 2.74. The summed E-state index contributed by atoms with van der Waals surface area (Å²) >= 11 is 0. The van der Waals surface area contributed by atoms with Crippen LogP contribution in [0.25, 0.3) is 0 Å². The Morgan fingerprint density at radius 1 is 0.857 bits per heavy atom. The SMILES string of the molecule is C[N+]1(CC[N+]2(C)C=CN=C2)C=CN=C1. The van der Waals surface area contributed by atoms with Crippen molar-refractivity contribution in [2.24, 2.45) is 9.98 Å². The third-order valence-electron chi connectivity index (χ3n) is 2.71. The molecule has 0 aromatic heterocycles. The lowest BCUT2D eigenvalue weighted by Gasteiger charge is -2.27. The zero-order valence-electron chi connectivity index (χ0n) is 8.67. The number of aliphatic imine (C=N–C) groups is 2. The van der Waals surface area contributed by atoms with Crippen molar-refractivity contribution in [2.45, 2.75) is 0 Å². The van der Waals surface area contributed by atoms with Gasteiger partial charge in [-0.25, -0.2) is 9.98 Å². The molecule has 0 aromatic rings. The van der Waals surface area contributed by atoms with E-state index in [2.05, 4.69) is 36.5 Å². The lowest BCUT2D eigenvalue weighted by atomic mass is 10.4. The lowest BCUT2D eigenvalue weighted by Crippen LogP contribution is -2.46. The average molecular weight is 192 g/mol. The predicted molar refractivity (Wildman–Crippen MR) is 57.4 cm³/mol. The van der Waals surface area contributed by atoms with Crippen molar-refractivity contribution in [3.05, 3.63) is 24.8 Å². The fraction of sp³-hybridized carbons (Fsp3) is 0.400. The van der Waals surface area contributed by atoms with Crippen molar-refractivity contribution < 1.29 is 8.97 Å². The van der Waals surface area contributed by atoms with Crippen LogP contribution in [0, 0.1) is 0 Å². The van der Waals surface area contributed by atoms with Gasteiger partial charge in [-0.15, -0.1) is 0 Å². The summed E-state index contributed by atoms with van der Waals surface area (Å²) in [5.74, 6) is 0. The fourth-order valence-corrected chi connectivity index (χ4v) is 1.54. The minimum atomic E-state index is 0.787. The van der Waals surface area contributed by atoms with E-state index in [0.29, 0.717) is 0 Å². The molecule has 0 saturated carbocycles. The van der Waals surface area contributed by atoms with Gasteiger partial charge in [0.15, 0.2) is 12.7 Å². The summed E-state index contributed by atoms with van der Waals surface area (Å²) < 4.78 is 1.57. The molecule has 4 heteroatoms. The summed E-state index contributed by atoms with van der Waals surface area (Å²) in [6.45, 7) is 2.07. The second-order valence-electron chi connectivity index (χ2n) is 4.27. The molecule has 0 aliphatic carbocycles. The van der Waals surface area contributed by atoms with E-state index in [1.165, 1.54) is 0 Å². The van der Waals surface area contributed by atoms with Crippen LogP contribution in [0.15, 0.2) is 34.8 Å². The Labute approximate surface area is 84.4 Å². The first-order valence-corrected chi connectivity index (χ1v) is 4.76. The van der Waals surface area contributed by atoms with E-state index in [1.54, 1.807) is 0 Å². The van der Waals surface area contributed by atoms with Crippen LogP contribution in [-0.2, 0) is 0 Å². The molecule has 2 unspecified atom stereocenters. The van der Waals surface area contributed by atoms with Crippen LogP contribution in [0.2, 0.25) is 0 Å². The van der Waals surface area contributed by atoms with Crippen molar-refractivity contribution in [3.63, 3.8) is 0 Å². The van der Waals surface area contributed by atoms with Gasteiger partial charge in [-0.3, -0.25) is 8.97 Å². The number of rotatable bonds is 3. The Kier molecular flexibility index (Phi) is 2.09. The van der Waals surface area contributed by atoms with Crippen molar-refractivity contribution >= 4 is 12.7 Å². The molecular weight excluding hydrogens is 176 g/mol. The predicted octanol–water partition coefficient (Wildman–Crippen LogP) is 0.906. The maximum Gasteiger partial charge on any atom is 0.194 e. The highest BCUT2D eigenvalue weighted by molar-refractivity contribution is 5.51. The van der Waals surface area contributed by atoms with Gasteiger partial charge in [-0.1, -0.05) is 0 Å². The van der Waals surface area contributed by atoms with Gasteiger partial charge in [0.1, 0.15) is 25.5 Å². The van der Waals surface area contributed by atoms with E-state index in [-0.39, 0.29) is 0 Å². The Morgan fingerprint density at radius 3 is 1.57 bits per heavy atom. The van der Waals surface area contributed by atoms with Crippen LogP contribution in [0.3, 0.4) is 0 Å². The van der Waals surface area contributed by atoms with Crippen LogP contribution in [0.5, 0.6) is 0 Å². The number of nitrogens with zero attached hydrogens (tertiary/aromatic N) is 4.